The molecule has 3 rings (SSSR count). The van der Waals surface area contributed by atoms with Crippen LogP contribution in [0.25, 0.3) is 0 Å². The fourth-order valence-corrected chi connectivity index (χ4v) is 3.05. The van der Waals surface area contributed by atoms with Gasteiger partial charge in [0.25, 0.3) is 0 Å². The summed E-state index contributed by atoms with van der Waals surface area (Å²) in [5.74, 6) is 0.448. The standard InChI is InChI=1S/C20H19F3N2O/c1-13(2)25-12-11-24-19(25)17-6-4-3-5-16(17)18(26)14-7-9-15(10-8-14)20(21,22)23/h3-10,13H,11-12H2,1-2H3. The normalized spacial score (nSPS) is 14.7. The van der Waals surface area contributed by atoms with Crippen molar-refractivity contribution in [3.63, 3.8) is 0 Å². The fraction of sp³-hybridized carbons (Fsp3) is 0.300. The molecule has 0 aliphatic carbocycles. The lowest BCUT2D eigenvalue weighted by Crippen LogP contribution is -2.35. The topological polar surface area (TPSA) is 32.7 Å². The van der Waals surface area contributed by atoms with Gasteiger partial charge in [0, 0.05) is 29.3 Å². The molecule has 0 unspecified atom stereocenters. The molecule has 3 nitrogen and oxygen atoms in total. The summed E-state index contributed by atoms with van der Waals surface area (Å²) in [6.07, 6.45) is -4.42. The lowest BCUT2D eigenvalue weighted by Gasteiger charge is -2.25. The summed E-state index contributed by atoms with van der Waals surface area (Å²) in [4.78, 5) is 19.6. The number of nitrogens with zero attached hydrogens (tertiary/aromatic N) is 2. The SMILES string of the molecule is CC(C)N1CCN=C1c1ccccc1C(=O)c1ccc(C(F)(F)F)cc1. The summed E-state index contributed by atoms with van der Waals surface area (Å²) in [7, 11) is 0. The molecule has 2 aromatic rings. The number of hydrogen-bond acceptors (Lipinski definition) is 3. The van der Waals surface area contributed by atoms with Crippen molar-refractivity contribution in [3.05, 3.63) is 70.8 Å². The number of benzene rings is 2. The predicted octanol–water partition coefficient (Wildman–Crippen LogP) is 4.41. The highest BCUT2D eigenvalue weighted by Gasteiger charge is 2.30. The summed E-state index contributed by atoms with van der Waals surface area (Å²) in [5.41, 5.74) is 0.607. The van der Waals surface area contributed by atoms with Crippen molar-refractivity contribution in [2.45, 2.75) is 26.1 Å². The highest BCUT2D eigenvalue weighted by Crippen LogP contribution is 2.29. The number of carbonyl (C=O) groups excluding carboxylic acids is 1. The van der Waals surface area contributed by atoms with Gasteiger partial charge >= 0.3 is 6.18 Å². The van der Waals surface area contributed by atoms with Gasteiger partial charge in [0.15, 0.2) is 5.78 Å². The monoisotopic (exact) mass is 360 g/mol. The summed E-state index contributed by atoms with van der Waals surface area (Å²) in [6.45, 7) is 5.56. The highest BCUT2D eigenvalue weighted by molar-refractivity contribution is 6.16. The second kappa shape index (κ2) is 6.94. The zero-order valence-corrected chi connectivity index (χ0v) is 14.5. The minimum absolute atomic E-state index is 0.222. The largest absolute Gasteiger partial charge is 0.416 e. The Morgan fingerprint density at radius 1 is 1.08 bits per heavy atom. The van der Waals surface area contributed by atoms with Crippen LogP contribution in [0.1, 0.15) is 40.9 Å². The van der Waals surface area contributed by atoms with E-state index in [1.807, 2.05) is 12.1 Å². The first-order valence-electron chi connectivity index (χ1n) is 8.41. The number of hydrogen-bond donors (Lipinski definition) is 0. The van der Waals surface area contributed by atoms with Crippen LogP contribution in [0.5, 0.6) is 0 Å². The maximum Gasteiger partial charge on any atom is 0.416 e. The first-order chi connectivity index (χ1) is 12.3. The van der Waals surface area contributed by atoms with Crippen molar-refractivity contribution in [3.8, 4) is 0 Å². The molecule has 0 saturated heterocycles. The van der Waals surface area contributed by atoms with E-state index >= 15 is 0 Å². The number of rotatable bonds is 4. The molecule has 2 aromatic carbocycles. The van der Waals surface area contributed by atoms with Crippen LogP contribution in [-0.2, 0) is 6.18 Å². The number of alkyl halides is 3. The summed E-state index contributed by atoms with van der Waals surface area (Å²) >= 11 is 0. The Bertz CT molecular complexity index is 839. The molecule has 136 valence electrons. The van der Waals surface area contributed by atoms with Gasteiger partial charge in [-0.25, -0.2) is 0 Å². The van der Waals surface area contributed by atoms with Crippen molar-refractivity contribution < 1.29 is 18.0 Å². The Balaban J connectivity index is 1.97. The Morgan fingerprint density at radius 3 is 2.35 bits per heavy atom. The van der Waals surface area contributed by atoms with E-state index < -0.39 is 11.7 Å². The molecular weight excluding hydrogens is 341 g/mol. The third-order valence-electron chi connectivity index (χ3n) is 4.38. The first kappa shape index (κ1) is 18.2. The Hall–Kier alpha value is -2.63. The molecule has 1 aliphatic rings. The van der Waals surface area contributed by atoms with Crippen LogP contribution in [0.15, 0.2) is 53.5 Å². The fourth-order valence-electron chi connectivity index (χ4n) is 3.05. The Labute approximate surface area is 150 Å². The van der Waals surface area contributed by atoms with E-state index in [4.69, 9.17) is 0 Å². The molecule has 0 aromatic heterocycles. The van der Waals surface area contributed by atoms with Crippen LogP contribution < -0.4 is 0 Å². The predicted molar refractivity (Wildman–Crippen MR) is 94.6 cm³/mol. The van der Waals surface area contributed by atoms with E-state index in [1.165, 1.54) is 12.1 Å². The van der Waals surface area contributed by atoms with Gasteiger partial charge in [-0.3, -0.25) is 9.79 Å². The van der Waals surface area contributed by atoms with Crippen molar-refractivity contribution >= 4 is 11.6 Å². The number of aliphatic imine (C=N–C) groups is 1. The van der Waals surface area contributed by atoms with Gasteiger partial charge in [-0.15, -0.1) is 0 Å². The van der Waals surface area contributed by atoms with E-state index in [0.29, 0.717) is 17.7 Å². The minimum Gasteiger partial charge on any atom is -0.352 e. The van der Waals surface area contributed by atoms with Crippen molar-refractivity contribution in [1.82, 2.24) is 4.90 Å². The smallest absolute Gasteiger partial charge is 0.352 e. The average Bonchev–Trinajstić information content (AvgIpc) is 3.10. The van der Waals surface area contributed by atoms with Crippen LogP contribution in [0.3, 0.4) is 0 Å². The molecular formula is C20H19F3N2O. The summed E-state index contributed by atoms with van der Waals surface area (Å²) in [5, 5.41) is 0. The molecule has 1 aliphatic heterocycles. The van der Waals surface area contributed by atoms with Gasteiger partial charge in [-0.1, -0.05) is 36.4 Å². The zero-order chi connectivity index (χ0) is 18.9. The van der Waals surface area contributed by atoms with Crippen LogP contribution >= 0.6 is 0 Å². The molecule has 1 heterocycles. The summed E-state index contributed by atoms with van der Waals surface area (Å²) < 4.78 is 38.2. The number of carbonyl (C=O) groups is 1. The van der Waals surface area contributed by atoms with E-state index in [-0.39, 0.29) is 17.4 Å². The van der Waals surface area contributed by atoms with E-state index in [9.17, 15) is 18.0 Å². The second-order valence-electron chi connectivity index (χ2n) is 6.44. The lowest BCUT2D eigenvalue weighted by molar-refractivity contribution is -0.137. The third kappa shape index (κ3) is 3.49. The molecule has 0 spiro atoms. The number of amidine groups is 1. The first-order valence-corrected chi connectivity index (χ1v) is 8.41. The molecule has 26 heavy (non-hydrogen) atoms. The van der Waals surface area contributed by atoms with Crippen molar-refractivity contribution in [2.24, 2.45) is 4.99 Å². The van der Waals surface area contributed by atoms with Crippen LogP contribution in [0, 0.1) is 0 Å². The second-order valence-corrected chi connectivity index (χ2v) is 6.44. The molecule has 0 N–H and O–H groups in total. The van der Waals surface area contributed by atoms with Crippen LogP contribution in [0.4, 0.5) is 13.2 Å². The van der Waals surface area contributed by atoms with E-state index in [2.05, 4.69) is 23.7 Å². The third-order valence-corrected chi connectivity index (χ3v) is 4.38. The van der Waals surface area contributed by atoms with Gasteiger partial charge in [0.2, 0.25) is 0 Å². The lowest BCUT2D eigenvalue weighted by atomic mass is 9.96. The zero-order valence-electron chi connectivity index (χ0n) is 14.5. The molecule has 0 saturated carbocycles. The molecule has 0 bridgehead atoms. The van der Waals surface area contributed by atoms with Crippen LogP contribution in [-0.4, -0.2) is 35.7 Å². The van der Waals surface area contributed by atoms with E-state index in [1.54, 1.807) is 12.1 Å². The number of halogens is 3. The van der Waals surface area contributed by atoms with Gasteiger partial charge in [0.05, 0.1) is 12.1 Å². The van der Waals surface area contributed by atoms with Gasteiger partial charge in [-0.2, -0.15) is 13.2 Å². The van der Waals surface area contributed by atoms with Gasteiger partial charge in [0.1, 0.15) is 5.84 Å². The number of ketones is 1. The highest BCUT2D eigenvalue weighted by atomic mass is 19.4. The van der Waals surface area contributed by atoms with Gasteiger partial charge < -0.3 is 4.90 Å². The van der Waals surface area contributed by atoms with E-state index in [0.717, 1.165) is 24.5 Å². The molecule has 0 fully saturated rings. The van der Waals surface area contributed by atoms with Gasteiger partial charge in [-0.05, 0) is 26.0 Å². The molecule has 0 atom stereocenters. The Kier molecular flexibility index (Phi) is 4.85. The minimum atomic E-state index is -4.42. The summed E-state index contributed by atoms with van der Waals surface area (Å²) in [6, 6.07) is 11.6. The molecule has 0 radical (unpaired) electrons. The average molecular weight is 360 g/mol. The van der Waals surface area contributed by atoms with Crippen molar-refractivity contribution in [1.29, 1.82) is 0 Å². The Morgan fingerprint density at radius 2 is 1.73 bits per heavy atom. The molecule has 6 heteroatoms. The maximum absolute atomic E-state index is 12.9. The quantitative estimate of drug-likeness (QED) is 0.757. The maximum atomic E-state index is 12.9. The van der Waals surface area contributed by atoms with Crippen LogP contribution in [0.2, 0.25) is 0 Å². The van der Waals surface area contributed by atoms with Crippen molar-refractivity contribution in [2.75, 3.05) is 13.1 Å². The molecule has 0 amide bonds.